The van der Waals surface area contributed by atoms with Crippen LogP contribution in [0.1, 0.15) is 29.7 Å². The lowest BCUT2D eigenvalue weighted by atomic mass is 10.0. The summed E-state index contributed by atoms with van der Waals surface area (Å²) in [6.45, 7) is 5.72. The van der Waals surface area contributed by atoms with Gasteiger partial charge in [0.2, 0.25) is 5.91 Å². The zero-order chi connectivity index (χ0) is 16.3. The van der Waals surface area contributed by atoms with E-state index in [9.17, 15) is 14.7 Å². The first-order chi connectivity index (χ1) is 10.3. The Morgan fingerprint density at radius 1 is 1.50 bits per heavy atom. The van der Waals surface area contributed by atoms with Crippen molar-refractivity contribution in [3.8, 4) is 0 Å². The van der Waals surface area contributed by atoms with Crippen molar-refractivity contribution in [3.05, 3.63) is 44.4 Å². The molecule has 0 radical (unpaired) electrons. The van der Waals surface area contributed by atoms with Crippen molar-refractivity contribution in [1.82, 2.24) is 9.88 Å². The molecule has 7 heteroatoms. The number of carbonyl (C=O) groups excluding carboxylic acids is 1. The van der Waals surface area contributed by atoms with Gasteiger partial charge in [0, 0.05) is 23.5 Å². The molecule has 0 saturated heterocycles. The zero-order valence-electron chi connectivity index (χ0n) is 12.9. The van der Waals surface area contributed by atoms with Crippen LogP contribution in [0.15, 0.2) is 27.6 Å². The fourth-order valence-electron chi connectivity index (χ4n) is 2.09. The van der Waals surface area contributed by atoms with Crippen molar-refractivity contribution in [1.29, 1.82) is 0 Å². The first-order valence-electron chi connectivity index (χ1n) is 7.01. The van der Waals surface area contributed by atoms with Crippen molar-refractivity contribution >= 4 is 17.2 Å². The first kappa shape index (κ1) is 16.5. The molecule has 2 heterocycles. The van der Waals surface area contributed by atoms with Gasteiger partial charge in [-0.3, -0.25) is 9.59 Å². The zero-order valence-corrected chi connectivity index (χ0v) is 13.7. The molecule has 120 valence electrons. The molecule has 1 atom stereocenters. The number of hydrogen-bond donors (Lipinski definition) is 2. The lowest BCUT2D eigenvalue weighted by Crippen LogP contribution is -2.38. The number of furan rings is 1. The smallest absolute Gasteiger partial charge is 0.307 e. The first-order valence-corrected chi connectivity index (χ1v) is 7.83. The molecule has 0 aliphatic carbocycles. The highest BCUT2D eigenvalue weighted by Gasteiger charge is 2.26. The minimum absolute atomic E-state index is 0.0506. The summed E-state index contributed by atoms with van der Waals surface area (Å²) in [7, 11) is 0. The van der Waals surface area contributed by atoms with Crippen molar-refractivity contribution in [2.24, 2.45) is 0 Å². The molecule has 0 aliphatic heterocycles. The van der Waals surface area contributed by atoms with Gasteiger partial charge in [-0.1, -0.05) is 11.3 Å². The van der Waals surface area contributed by atoms with Gasteiger partial charge in [-0.2, -0.15) is 0 Å². The van der Waals surface area contributed by atoms with Gasteiger partial charge in [-0.05, 0) is 32.9 Å². The van der Waals surface area contributed by atoms with Gasteiger partial charge in [0.15, 0.2) is 0 Å². The SMILES string of the molecule is Cc1sc(=O)n(CCC(=O)NCC(C)(O)c2ccco2)c1C. The predicted octanol–water partition coefficient (Wildman–Crippen LogP) is 1.53. The molecule has 2 aromatic heterocycles. The van der Waals surface area contributed by atoms with Gasteiger partial charge in [-0.25, -0.2) is 0 Å². The van der Waals surface area contributed by atoms with E-state index in [4.69, 9.17) is 4.42 Å². The Kier molecular flexibility index (Phi) is 4.87. The molecule has 0 aliphatic rings. The average Bonchev–Trinajstić information content (AvgIpc) is 3.06. The van der Waals surface area contributed by atoms with E-state index in [1.165, 1.54) is 17.6 Å². The van der Waals surface area contributed by atoms with E-state index in [1.807, 2.05) is 13.8 Å². The molecule has 0 aromatic carbocycles. The maximum atomic E-state index is 11.9. The number of carbonyl (C=O) groups is 1. The molecule has 2 rings (SSSR count). The molecule has 1 unspecified atom stereocenters. The molecular formula is C15H20N2O4S. The highest BCUT2D eigenvalue weighted by molar-refractivity contribution is 7.09. The monoisotopic (exact) mass is 324 g/mol. The average molecular weight is 324 g/mol. The van der Waals surface area contributed by atoms with Crippen LogP contribution in [0.3, 0.4) is 0 Å². The number of nitrogens with zero attached hydrogens (tertiary/aromatic N) is 1. The largest absolute Gasteiger partial charge is 0.466 e. The van der Waals surface area contributed by atoms with Crippen LogP contribution in [-0.4, -0.2) is 22.1 Å². The maximum absolute atomic E-state index is 11.9. The summed E-state index contributed by atoms with van der Waals surface area (Å²) < 4.78 is 6.75. The van der Waals surface area contributed by atoms with Gasteiger partial charge < -0.3 is 19.4 Å². The standard InChI is InChI=1S/C15H20N2O4S/c1-10-11(2)22-14(19)17(10)7-6-13(18)16-9-15(3,20)12-5-4-8-21-12/h4-5,8,20H,6-7,9H2,1-3H3,(H,16,18). The molecular weight excluding hydrogens is 304 g/mol. The van der Waals surface area contributed by atoms with E-state index >= 15 is 0 Å². The normalized spacial score (nSPS) is 13.8. The van der Waals surface area contributed by atoms with Crippen molar-refractivity contribution in [3.63, 3.8) is 0 Å². The highest BCUT2D eigenvalue weighted by Crippen LogP contribution is 2.19. The Bertz CT molecular complexity index is 698. The third kappa shape index (κ3) is 3.66. The predicted molar refractivity (Wildman–Crippen MR) is 84.0 cm³/mol. The topological polar surface area (TPSA) is 84.5 Å². The molecule has 0 saturated carbocycles. The van der Waals surface area contributed by atoms with Crippen LogP contribution in [0, 0.1) is 13.8 Å². The van der Waals surface area contributed by atoms with Crippen molar-refractivity contribution in [2.75, 3.05) is 6.54 Å². The number of hydrogen-bond acceptors (Lipinski definition) is 5. The third-order valence-electron chi connectivity index (χ3n) is 3.62. The quantitative estimate of drug-likeness (QED) is 0.844. The second-order valence-corrected chi connectivity index (χ2v) is 6.60. The molecule has 2 aromatic rings. The van der Waals surface area contributed by atoms with Gasteiger partial charge in [-0.15, -0.1) is 0 Å². The van der Waals surface area contributed by atoms with Gasteiger partial charge in [0.25, 0.3) is 0 Å². The number of thiazole rings is 1. The minimum atomic E-state index is -1.26. The molecule has 0 fully saturated rings. The minimum Gasteiger partial charge on any atom is -0.466 e. The van der Waals surface area contributed by atoms with E-state index in [2.05, 4.69) is 5.32 Å². The van der Waals surface area contributed by atoms with Crippen LogP contribution in [0.4, 0.5) is 0 Å². The lowest BCUT2D eigenvalue weighted by Gasteiger charge is -2.21. The summed E-state index contributed by atoms with van der Waals surface area (Å²) in [4.78, 5) is 24.6. The summed E-state index contributed by atoms with van der Waals surface area (Å²) in [6.07, 6.45) is 1.66. The van der Waals surface area contributed by atoms with Gasteiger partial charge in [0.1, 0.15) is 11.4 Å². The summed E-state index contributed by atoms with van der Waals surface area (Å²) >= 11 is 1.19. The lowest BCUT2D eigenvalue weighted by molar-refractivity contribution is -0.122. The van der Waals surface area contributed by atoms with Crippen LogP contribution in [0.2, 0.25) is 0 Å². The number of rotatable bonds is 6. The fourth-order valence-corrected chi connectivity index (χ4v) is 2.95. The number of aryl methyl sites for hydroxylation is 1. The Morgan fingerprint density at radius 3 is 2.77 bits per heavy atom. The van der Waals surface area contributed by atoms with E-state index < -0.39 is 5.60 Å². The van der Waals surface area contributed by atoms with Crippen LogP contribution in [0.5, 0.6) is 0 Å². The van der Waals surface area contributed by atoms with E-state index in [0.717, 1.165) is 10.6 Å². The Balaban J connectivity index is 1.87. The molecule has 2 N–H and O–H groups in total. The van der Waals surface area contributed by atoms with Gasteiger partial charge >= 0.3 is 4.87 Å². The Hall–Kier alpha value is -1.86. The molecule has 0 spiro atoms. The van der Waals surface area contributed by atoms with Crippen molar-refractivity contribution < 1.29 is 14.3 Å². The second-order valence-electron chi connectivity index (χ2n) is 5.44. The molecule has 22 heavy (non-hydrogen) atoms. The molecule has 1 amide bonds. The van der Waals surface area contributed by atoms with Gasteiger partial charge in [0.05, 0.1) is 12.8 Å². The molecule has 6 nitrogen and oxygen atoms in total. The maximum Gasteiger partial charge on any atom is 0.307 e. The summed E-state index contributed by atoms with van der Waals surface area (Å²) in [5.41, 5.74) is -0.365. The summed E-state index contributed by atoms with van der Waals surface area (Å²) in [5.74, 6) is 0.176. The number of aliphatic hydroxyl groups is 1. The summed E-state index contributed by atoms with van der Waals surface area (Å²) in [5, 5.41) is 12.9. The highest BCUT2D eigenvalue weighted by atomic mass is 32.1. The number of aromatic nitrogens is 1. The second kappa shape index (κ2) is 6.50. The van der Waals surface area contributed by atoms with Crippen LogP contribution in [0.25, 0.3) is 0 Å². The van der Waals surface area contributed by atoms with Crippen LogP contribution in [-0.2, 0) is 16.9 Å². The number of nitrogens with one attached hydrogen (secondary N) is 1. The van der Waals surface area contributed by atoms with E-state index in [0.29, 0.717) is 12.3 Å². The molecule has 0 bridgehead atoms. The number of amides is 1. The van der Waals surface area contributed by atoms with E-state index in [1.54, 1.807) is 23.6 Å². The van der Waals surface area contributed by atoms with Crippen molar-refractivity contribution in [2.45, 2.75) is 39.3 Å². The fraction of sp³-hybridized carbons (Fsp3) is 0.467. The van der Waals surface area contributed by atoms with E-state index in [-0.39, 0.29) is 23.7 Å². The third-order valence-corrected chi connectivity index (χ3v) is 4.62. The Labute approximate surface area is 132 Å². The summed E-state index contributed by atoms with van der Waals surface area (Å²) in [6, 6.07) is 3.34. The Morgan fingerprint density at radius 2 is 2.23 bits per heavy atom. The van der Waals surface area contributed by atoms with Crippen LogP contribution < -0.4 is 10.2 Å². The van der Waals surface area contributed by atoms with Crippen LogP contribution >= 0.6 is 11.3 Å².